The minimum atomic E-state index is -0.640. The maximum absolute atomic E-state index is 13.4. The molecule has 0 spiro atoms. The van der Waals surface area contributed by atoms with Crippen LogP contribution in [0.2, 0.25) is 10.0 Å². The van der Waals surface area contributed by atoms with E-state index in [0.717, 1.165) is 5.56 Å². The van der Waals surface area contributed by atoms with E-state index < -0.39 is 11.6 Å². The van der Waals surface area contributed by atoms with Crippen molar-refractivity contribution >= 4 is 35.0 Å². The number of hydrogen-bond donors (Lipinski definition) is 1. The Kier molecular flexibility index (Phi) is 8.78. The predicted molar refractivity (Wildman–Crippen MR) is 126 cm³/mol. The molecule has 1 unspecified atom stereocenters. The lowest BCUT2D eigenvalue weighted by Crippen LogP contribution is -2.53. The van der Waals surface area contributed by atoms with Gasteiger partial charge in [-0.3, -0.25) is 9.59 Å². The number of benzene rings is 2. The molecule has 2 amide bonds. The van der Waals surface area contributed by atoms with Crippen LogP contribution in [0.3, 0.4) is 0 Å². The van der Waals surface area contributed by atoms with Gasteiger partial charge in [0.25, 0.3) is 0 Å². The molecule has 2 rings (SSSR count). The maximum atomic E-state index is 13.4. The summed E-state index contributed by atoms with van der Waals surface area (Å²) >= 11 is 12.6. The van der Waals surface area contributed by atoms with Crippen LogP contribution in [-0.4, -0.2) is 35.4 Å². The molecule has 168 valence electrons. The Morgan fingerprint density at radius 1 is 1.10 bits per heavy atom. The number of hydrogen-bond acceptors (Lipinski definition) is 3. The molecule has 0 saturated carbocycles. The average molecular weight is 465 g/mol. The lowest BCUT2D eigenvalue weighted by atomic mass is 10.0. The first kappa shape index (κ1) is 25.0. The molecule has 0 aliphatic carbocycles. The van der Waals surface area contributed by atoms with Gasteiger partial charge >= 0.3 is 0 Å². The Morgan fingerprint density at radius 2 is 1.71 bits per heavy atom. The molecule has 2 aromatic rings. The lowest BCUT2D eigenvalue weighted by Gasteiger charge is -2.33. The van der Waals surface area contributed by atoms with Gasteiger partial charge in [-0.25, -0.2) is 0 Å². The number of ether oxygens (including phenoxy) is 1. The molecule has 7 heteroatoms. The molecule has 0 aliphatic rings. The predicted octanol–water partition coefficient (Wildman–Crippen LogP) is 5.27. The molecule has 5 nitrogen and oxygen atoms in total. The third-order valence-corrected chi connectivity index (χ3v) is 5.47. The van der Waals surface area contributed by atoms with Crippen LogP contribution in [0.5, 0.6) is 5.75 Å². The molecule has 2 aromatic carbocycles. The zero-order valence-electron chi connectivity index (χ0n) is 18.7. The fraction of sp³-hybridized carbons (Fsp3) is 0.417. The first-order valence-corrected chi connectivity index (χ1v) is 11.0. The van der Waals surface area contributed by atoms with E-state index in [1.807, 2.05) is 52.0 Å². The smallest absolute Gasteiger partial charge is 0.243 e. The van der Waals surface area contributed by atoms with E-state index in [0.29, 0.717) is 27.8 Å². The second kappa shape index (κ2) is 10.9. The van der Waals surface area contributed by atoms with E-state index in [-0.39, 0.29) is 24.8 Å². The van der Waals surface area contributed by atoms with Crippen molar-refractivity contribution < 1.29 is 14.3 Å². The summed E-state index contributed by atoms with van der Waals surface area (Å²) < 4.78 is 5.31. The number of rotatable bonds is 8. The Labute approximate surface area is 194 Å². The second-order valence-electron chi connectivity index (χ2n) is 8.41. The van der Waals surface area contributed by atoms with E-state index in [1.54, 1.807) is 30.2 Å². The summed E-state index contributed by atoms with van der Waals surface area (Å²) in [5, 5.41) is 3.84. The van der Waals surface area contributed by atoms with Crippen LogP contribution < -0.4 is 10.1 Å². The van der Waals surface area contributed by atoms with Gasteiger partial charge in [0.15, 0.2) is 0 Å². The van der Waals surface area contributed by atoms with Crippen molar-refractivity contribution in [1.82, 2.24) is 10.2 Å². The number of methoxy groups -OCH3 is 1. The van der Waals surface area contributed by atoms with Crippen molar-refractivity contribution in [2.75, 3.05) is 7.11 Å². The zero-order chi connectivity index (χ0) is 23.2. The van der Waals surface area contributed by atoms with Gasteiger partial charge in [-0.15, -0.1) is 0 Å². The second-order valence-corrected chi connectivity index (χ2v) is 9.23. The van der Waals surface area contributed by atoms with Gasteiger partial charge in [-0.05, 0) is 62.6 Å². The Morgan fingerprint density at radius 3 is 2.26 bits per heavy atom. The molecule has 0 radical (unpaired) electrons. The number of nitrogens with one attached hydrogen (secondary N) is 1. The quantitative estimate of drug-likeness (QED) is 0.578. The molecule has 0 aliphatic heterocycles. The maximum Gasteiger partial charge on any atom is 0.243 e. The van der Waals surface area contributed by atoms with Gasteiger partial charge in [0, 0.05) is 22.1 Å². The summed E-state index contributed by atoms with van der Waals surface area (Å²) in [5.74, 6) is 0.261. The highest BCUT2D eigenvalue weighted by molar-refractivity contribution is 6.36. The standard InChI is InChI=1S/C24H30Cl2N2O3/c1-6-21(23(30)27-24(2,3)4)28(15-16-9-7-10-17(13-16)31-5)22(29)14-18-19(25)11-8-12-20(18)26/h7-13,21H,6,14-15H2,1-5H3,(H,27,30). The molecule has 0 saturated heterocycles. The van der Waals surface area contributed by atoms with E-state index in [1.165, 1.54) is 0 Å². The number of carbonyl (C=O) groups excluding carboxylic acids is 2. The molecule has 1 atom stereocenters. The molecule has 31 heavy (non-hydrogen) atoms. The number of halogens is 2. The van der Waals surface area contributed by atoms with Crippen molar-refractivity contribution in [3.05, 3.63) is 63.6 Å². The summed E-state index contributed by atoms with van der Waals surface area (Å²) in [6.45, 7) is 7.88. The Hall–Kier alpha value is -2.24. The topological polar surface area (TPSA) is 58.6 Å². The van der Waals surface area contributed by atoms with E-state index >= 15 is 0 Å². The largest absolute Gasteiger partial charge is 0.497 e. The highest BCUT2D eigenvalue weighted by Crippen LogP contribution is 2.26. The van der Waals surface area contributed by atoms with E-state index in [9.17, 15) is 9.59 Å². The van der Waals surface area contributed by atoms with Crippen LogP contribution >= 0.6 is 23.2 Å². The number of carbonyl (C=O) groups is 2. The molecule has 0 heterocycles. The molecular formula is C24H30Cl2N2O3. The van der Waals surface area contributed by atoms with Gasteiger partial charge in [-0.1, -0.05) is 48.3 Å². The fourth-order valence-corrected chi connectivity index (χ4v) is 3.82. The fourth-order valence-electron chi connectivity index (χ4n) is 3.29. The summed E-state index contributed by atoms with van der Waals surface area (Å²) in [6, 6.07) is 12.0. The van der Waals surface area contributed by atoms with Gasteiger partial charge in [-0.2, -0.15) is 0 Å². The van der Waals surface area contributed by atoms with Gasteiger partial charge in [0.05, 0.1) is 13.5 Å². The van der Waals surface area contributed by atoms with Crippen molar-refractivity contribution in [2.24, 2.45) is 0 Å². The first-order chi connectivity index (χ1) is 14.6. The summed E-state index contributed by atoms with van der Waals surface area (Å²) in [6.07, 6.45) is 0.468. The SMILES string of the molecule is CCC(C(=O)NC(C)(C)C)N(Cc1cccc(OC)c1)C(=O)Cc1c(Cl)cccc1Cl. The molecule has 0 aromatic heterocycles. The summed E-state index contributed by atoms with van der Waals surface area (Å²) in [4.78, 5) is 28.1. The molecule has 1 N–H and O–H groups in total. The summed E-state index contributed by atoms with van der Waals surface area (Å²) in [7, 11) is 1.59. The van der Waals surface area contributed by atoms with Gasteiger partial charge in [0.2, 0.25) is 11.8 Å². The van der Waals surface area contributed by atoms with Crippen LogP contribution in [0.4, 0.5) is 0 Å². The monoisotopic (exact) mass is 464 g/mol. The third kappa shape index (κ3) is 7.15. The first-order valence-electron chi connectivity index (χ1n) is 10.2. The van der Waals surface area contributed by atoms with Crippen LogP contribution in [0.15, 0.2) is 42.5 Å². The third-order valence-electron chi connectivity index (χ3n) is 4.76. The minimum Gasteiger partial charge on any atom is -0.497 e. The van der Waals surface area contributed by atoms with Crippen molar-refractivity contribution in [2.45, 2.75) is 58.7 Å². The van der Waals surface area contributed by atoms with Crippen molar-refractivity contribution in [3.8, 4) is 5.75 Å². The Balaban J connectivity index is 2.39. The van der Waals surface area contributed by atoms with Crippen LogP contribution in [-0.2, 0) is 22.6 Å². The average Bonchev–Trinajstić information content (AvgIpc) is 2.69. The highest BCUT2D eigenvalue weighted by Gasteiger charge is 2.31. The highest BCUT2D eigenvalue weighted by atomic mass is 35.5. The van der Waals surface area contributed by atoms with Crippen molar-refractivity contribution in [3.63, 3.8) is 0 Å². The minimum absolute atomic E-state index is 0.00176. The molecule has 0 bridgehead atoms. The van der Waals surface area contributed by atoms with Crippen LogP contribution in [0, 0.1) is 0 Å². The normalized spacial score (nSPS) is 12.2. The lowest BCUT2D eigenvalue weighted by molar-refractivity contribution is -0.141. The van der Waals surface area contributed by atoms with Gasteiger partial charge < -0.3 is 15.0 Å². The van der Waals surface area contributed by atoms with Crippen LogP contribution in [0.1, 0.15) is 45.2 Å². The zero-order valence-corrected chi connectivity index (χ0v) is 20.2. The molecule has 0 fully saturated rings. The number of amides is 2. The Bertz CT molecular complexity index is 905. The summed E-state index contributed by atoms with van der Waals surface area (Å²) in [5.41, 5.74) is 0.999. The van der Waals surface area contributed by atoms with Crippen molar-refractivity contribution in [1.29, 1.82) is 0 Å². The van der Waals surface area contributed by atoms with E-state index in [4.69, 9.17) is 27.9 Å². The van der Waals surface area contributed by atoms with Gasteiger partial charge in [0.1, 0.15) is 11.8 Å². The number of nitrogens with zero attached hydrogens (tertiary/aromatic N) is 1. The van der Waals surface area contributed by atoms with E-state index in [2.05, 4.69) is 5.32 Å². The van der Waals surface area contributed by atoms with Crippen LogP contribution in [0.25, 0.3) is 0 Å². The molecular weight excluding hydrogens is 435 g/mol.